The SMILES string of the molecule is CCCCCC.COc1ccc(CCc2nc3cc(-c4c(C)noc4C)ccc3n2CCN2CCOCC2)cc1.Cc1noc(C)c1-c1ccc2c(c1)nc(CCc1ccccc1)n2CCN1CCOCC1. The number of rotatable bonds is 18. The van der Waals surface area contributed by atoms with Gasteiger partial charge in [-0.2, -0.15) is 0 Å². The van der Waals surface area contributed by atoms with Crippen LogP contribution in [0.3, 0.4) is 0 Å². The van der Waals surface area contributed by atoms with Gasteiger partial charge in [-0.25, -0.2) is 9.97 Å². The lowest BCUT2D eigenvalue weighted by molar-refractivity contribution is 0.0364. The minimum absolute atomic E-state index is 0.815. The number of methoxy groups -OCH3 is 1. The number of unbranched alkanes of at least 4 members (excludes halogenated alkanes) is 3. The van der Waals surface area contributed by atoms with Crippen molar-refractivity contribution in [1.29, 1.82) is 0 Å². The first kappa shape index (κ1) is 52.2. The van der Waals surface area contributed by atoms with Crippen molar-refractivity contribution in [2.75, 3.05) is 72.8 Å². The van der Waals surface area contributed by atoms with Crippen LogP contribution in [0.25, 0.3) is 44.3 Å². The number of fused-ring (bicyclic) bond motifs is 2. The van der Waals surface area contributed by atoms with Gasteiger partial charge in [0.25, 0.3) is 0 Å². The monoisotopic (exact) mass is 977 g/mol. The van der Waals surface area contributed by atoms with Crippen molar-refractivity contribution < 1.29 is 23.3 Å². The lowest BCUT2D eigenvalue weighted by Crippen LogP contribution is -2.38. The predicted molar refractivity (Wildman–Crippen MR) is 288 cm³/mol. The molecule has 0 radical (unpaired) electrons. The van der Waals surface area contributed by atoms with Crippen molar-refractivity contribution in [2.24, 2.45) is 0 Å². The van der Waals surface area contributed by atoms with E-state index in [9.17, 15) is 0 Å². The summed E-state index contributed by atoms with van der Waals surface area (Å²) in [4.78, 5) is 15.1. The molecule has 4 aromatic carbocycles. The highest BCUT2D eigenvalue weighted by molar-refractivity contribution is 5.84. The van der Waals surface area contributed by atoms with E-state index in [0.717, 1.165) is 178 Å². The van der Waals surface area contributed by atoms with Gasteiger partial charge in [0.1, 0.15) is 28.9 Å². The summed E-state index contributed by atoms with van der Waals surface area (Å²) < 4.78 is 31.9. The van der Waals surface area contributed by atoms with E-state index in [0.29, 0.717) is 0 Å². The van der Waals surface area contributed by atoms with Gasteiger partial charge in [-0.1, -0.05) is 104 Å². The molecule has 0 aliphatic carbocycles. The van der Waals surface area contributed by atoms with Crippen LogP contribution in [0.5, 0.6) is 5.75 Å². The fraction of sp³-hybridized carbons (Fsp3) is 0.458. The Morgan fingerprint density at radius 1 is 0.514 bits per heavy atom. The second kappa shape index (κ2) is 26.0. The summed E-state index contributed by atoms with van der Waals surface area (Å²) in [6.45, 7) is 23.5. The summed E-state index contributed by atoms with van der Waals surface area (Å²) in [7, 11) is 1.70. The number of aromatic nitrogens is 6. The van der Waals surface area contributed by atoms with Crippen LogP contribution in [0.1, 0.15) is 85.2 Å². The Kier molecular flexibility index (Phi) is 18.9. The second-order valence-electron chi connectivity index (χ2n) is 19.1. The van der Waals surface area contributed by atoms with Crippen LogP contribution in [-0.4, -0.2) is 112 Å². The highest BCUT2D eigenvalue weighted by atomic mass is 16.5. The average Bonchev–Trinajstić information content (AvgIpc) is 4.17. The first-order valence-corrected chi connectivity index (χ1v) is 26.3. The Morgan fingerprint density at radius 3 is 1.36 bits per heavy atom. The molecule has 72 heavy (non-hydrogen) atoms. The van der Waals surface area contributed by atoms with Crippen molar-refractivity contribution >= 4 is 22.1 Å². The second-order valence-corrected chi connectivity index (χ2v) is 19.1. The van der Waals surface area contributed by atoms with Crippen molar-refractivity contribution in [3.8, 4) is 28.0 Å². The maximum atomic E-state index is 5.52. The number of imidazole rings is 2. The van der Waals surface area contributed by atoms with E-state index in [-0.39, 0.29) is 0 Å². The van der Waals surface area contributed by atoms with Crippen LogP contribution in [0.2, 0.25) is 0 Å². The molecule has 0 unspecified atom stereocenters. The van der Waals surface area contributed by atoms with Crippen molar-refractivity contribution in [3.63, 3.8) is 0 Å². The van der Waals surface area contributed by atoms with Crippen LogP contribution in [0.15, 0.2) is 100 Å². The fourth-order valence-corrected chi connectivity index (χ4v) is 9.92. The number of hydrogen-bond donors (Lipinski definition) is 0. The normalized spacial score (nSPS) is 14.3. The van der Waals surface area contributed by atoms with E-state index in [1.807, 2.05) is 39.8 Å². The molecule has 0 amide bonds. The molecule has 2 aliphatic heterocycles. The lowest BCUT2D eigenvalue weighted by Gasteiger charge is -2.27. The average molecular weight is 977 g/mol. The molecule has 0 saturated carbocycles. The van der Waals surface area contributed by atoms with E-state index in [4.69, 9.17) is 33.2 Å². The molecule has 8 aromatic rings. The lowest BCUT2D eigenvalue weighted by atomic mass is 10.0. The van der Waals surface area contributed by atoms with E-state index >= 15 is 0 Å². The summed E-state index contributed by atoms with van der Waals surface area (Å²) >= 11 is 0. The Morgan fingerprint density at radius 2 is 0.958 bits per heavy atom. The van der Waals surface area contributed by atoms with Gasteiger partial charge < -0.3 is 32.4 Å². The molecule has 10 rings (SSSR count). The zero-order valence-electron chi connectivity index (χ0n) is 43.9. The molecule has 0 atom stereocenters. The van der Waals surface area contributed by atoms with Gasteiger partial charge in [-0.05, 0) is 99.2 Å². The molecule has 382 valence electrons. The molecular formula is C59H76N8O5. The summed E-state index contributed by atoms with van der Waals surface area (Å²) in [5, 5.41) is 8.25. The van der Waals surface area contributed by atoms with Gasteiger partial charge in [0.05, 0.1) is 67.0 Å². The molecular weight excluding hydrogens is 901 g/mol. The minimum atomic E-state index is 0.815. The molecule has 0 bridgehead atoms. The summed E-state index contributed by atoms with van der Waals surface area (Å²) in [6.07, 6.45) is 9.25. The molecule has 6 heterocycles. The zero-order valence-corrected chi connectivity index (χ0v) is 43.9. The van der Waals surface area contributed by atoms with Crippen molar-refractivity contribution in [1.82, 2.24) is 39.2 Å². The molecule has 2 aliphatic rings. The van der Waals surface area contributed by atoms with Gasteiger partial charge in [0, 0.05) is 76.3 Å². The molecule has 0 N–H and O–H groups in total. The number of aryl methyl sites for hydroxylation is 8. The number of ether oxygens (including phenoxy) is 3. The molecule has 0 spiro atoms. The Bertz CT molecular complexity index is 2860. The van der Waals surface area contributed by atoms with Crippen LogP contribution in [-0.2, 0) is 48.2 Å². The molecule has 13 nitrogen and oxygen atoms in total. The van der Waals surface area contributed by atoms with E-state index < -0.39 is 0 Å². The summed E-state index contributed by atoms with van der Waals surface area (Å²) in [5.41, 5.74) is 13.2. The Labute approximate surface area is 426 Å². The highest BCUT2D eigenvalue weighted by Gasteiger charge is 2.20. The number of nitrogens with zero attached hydrogens (tertiary/aromatic N) is 8. The standard InChI is InChI=1S/C27H32N4O3.C26H30N4O2.C6H14/c1-19-27(20(2)34-29-19)22-7-10-25-24(18-22)28-26(11-6-21-4-8-23(32-3)9-5-21)31(25)13-12-30-14-16-33-17-15-30;1-19-26(20(2)32-28-19)22-9-10-24-23(18-22)27-25(11-8-21-6-4-3-5-7-21)30(24)13-12-29-14-16-31-17-15-29;1-3-5-6-4-2/h4-5,7-10,18H,6,11-17H2,1-3H3;3-7,9-10,18H,8,11-17H2,1-2H3;3-6H2,1-2H3. The van der Waals surface area contributed by atoms with Gasteiger partial charge in [0.2, 0.25) is 0 Å². The van der Waals surface area contributed by atoms with Gasteiger partial charge >= 0.3 is 0 Å². The molecule has 2 saturated heterocycles. The third-order valence-corrected chi connectivity index (χ3v) is 14.0. The van der Waals surface area contributed by atoms with Crippen LogP contribution in [0, 0.1) is 27.7 Å². The first-order valence-electron chi connectivity index (χ1n) is 26.3. The molecule has 13 heteroatoms. The van der Waals surface area contributed by atoms with Crippen molar-refractivity contribution in [2.45, 2.75) is 106 Å². The number of morpholine rings is 2. The first-order chi connectivity index (χ1) is 35.2. The quantitative estimate of drug-likeness (QED) is 0.0764. The van der Waals surface area contributed by atoms with Gasteiger partial charge in [0.15, 0.2) is 0 Å². The highest BCUT2D eigenvalue weighted by Crippen LogP contribution is 2.32. The topological polar surface area (TPSA) is 122 Å². The zero-order chi connectivity index (χ0) is 50.2. The maximum Gasteiger partial charge on any atom is 0.141 e. The van der Waals surface area contributed by atoms with Crippen LogP contribution >= 0.6 is 0 Å². The number of benzene rings is 4. The predicted octanol–water partition coefficient (Wildman–Crippen LogP) is 11.4. The Balaban J connectivity index is 0.000000173. The number of hydrogen-bond acceptors (Lipinski definition) is 11. The summed E-state index contributed by atoms with van der Waals surface area (Å²) in [5.74, 6) is 4.83. The van der Waals surface area contributed by atoms with E-state index in [1.54, 1.807) is 7.11 Å². The third-order valence-electron chi connectivity index (χ3n) is 14.0. The third kappa shape index (κ3) is 13.5. The van der Waals surface area contributed by atoms with E-state index in [2.05, 4.69) is 122 Å². The van der Waals surface area contributed by atoms with Crippen LogP contribution < -0.4 is 4.74 Å². The van der Waals surface area contributed by atoms with Crippen molar-refractivity contribution in [3.05, 3.63) is 137 Å². The Hall–Kier alpha value is -6.12. The molecule has 2 fully saturated rings. The maximum absolute atomic E-state index is 5.52. The minimum Gasteiger partial charge on any atom is -0.497 e. The van der Waals surface area contributed by atoms with Gasteiger partial charge in [-0.3, -0.25) is 9.80 Å². The van der Waals surface area contributed by atoms with Gasteiger partial charge in [-0.15, -0.1) is 0 Å². The molecule has 4 aromatic heterocycles. The van der Waals surface area contributed by atoms with Crippen LogP contribution in [0.4, 0.5) is 0 Å². The van der Waals surface area contributed by atoms with E-state index in [1.165, 1.54) is 47.8 Å². The fourth-order valence-electron chi connectivity index (χ4n) is 9.92. The smallest absolute Gasteiger partial charge is 0.141 e. The summed E-state index contributed by atoms with van der Waals surface area (Å²) in [6, 6.07) is 32.0. The largest absolute Gasteiger partial charge is 0.497 e.